The summed E-state index contributed by atoms with van der Waals surface area (Å²) in [6, 6.07) is 66.0. The van der Waals surface area contributed by atoms with Gasteiger partial charge in [-0.05, 0) is 64.2 Å². The number of hydrogen-bond acceptors (Lipinski definition) is 3. The van der Waals surface area contributed by atoms with Gasteiger partial charge in [-0.15, -0.1) is 11.3 Å². The molecule has 0 aliphatic rings. The van der Waals surface area contributed by atoms with Gasteiger partial charge in [0.1, 0.15) is 11.2 Å². The van der Waals surface area contributed by atoms with Crippen LogP contribution in [0.4, 0.5) is 0 Å². The Balaban J connectivity index is 1.23. The Bertz CT molecular complexity index is 3030. The van der Waals surface area contributed by atoms with Crippen molar-refractivity contribution < 1.29 is 4.42 Å². The molecule has 8 aromatic carbocycles. The molecule has 0 radical (unpaired) electrons. The van der Waals surface area contributed by atoms with Crippen molar-refractivity contribution in [2.24, 2.45) is 9.98 Å². The van der Waals surface area contributed by atoms with Crippen molar-refractivity contribution in [1.29, 1.82) is 0 Å². The SMILES string of the molecule is C(=NC(=NCc1ccccc1)c1ccccc1)c1ccc(-c2ccc3sc4ccccc4c3c2)c2oc3c(-c4ccccc4)cc(-c4ccccc4)cc3c12. The molecule has 0 spiro atoms. The van der Waals surface area contributed by atoms with Gasteiger partial charge in [-0.2, -0.15) is 0 Å². The van der Waals surface area contributed by atoms with E-state index in [0.29, 0.717) is 12.4 Å². The lowest BCUT2D eigenvalue weighted by Crippen LogP contribution is -2.00. The molecule has 0 aliphatic carbocycles. The van der Waals surface area contributed by atoms with Crippen molar-refractivity contribution in [3.05, 3.63) is 205 Å². The van der Waals surface area contributed by atoms with Gasteiger partial charge in [-0.25, -0.2) is 4.99 Å². The third-order valence-corrected chi connectivity index (χ3v) is 11.4. The number of fused-ring (bicyclic) bond motifs is 6. The van der Waals surface area contributed by atoms with Crippen LogP contribution < -0.4 is 0 Å². The summed E-state index contributed by atoms with van der Waals surface area (Å²) in [5.74, 6) is 0.680. The van der Waals surface area contributed by atoms with Crippen molar-refractivity contribution in [3.63, 3.8) is 0 Å². The van der Waals surface area contributed by atoms with E-state index < -0.39 is 0 Å². The Hall–Kier alpha value is -6.88. The zero-order valence-electron chi connectivity index (χ0n) is 29.9. The van der Waals surface area contributed by atoms with E-state index in [1.807, 2.05) is 53.9 Å². The standard InChI is InChI=1S/C51H34N2OS/c1-5-15-34(16-6-1)32-52-51(37-21-11-4-12-22-37)53-33-39-25-27-41(38-26-28-47-44(29-38)42-23-13-14-24-46(42)55-47)50-48(39)45-31-40(35-17-7-2-8-18-35)30-43(49(45)54-50)36-19-9-3-10-20-36/h1-31,33H,32H2. The highest BCUT2D eigenvalue weighted by atomic mass is 32.1. The molecule has 0 fully saturated rings. The number of amidine groups is 1. The molecule has 260 valence electrons. The third kappa shape index (κ3) is 6.23. The molecule has 2 heterocycles. The Kier molecular flexibility index (Phi) is 8.43. The number of thiophene rings is 1. The van der Waals surface area contributed by atoms with Gasteiger partial charge >= 0.3 is 0 Å². The van der Waals surface area contributed by atoms with E-state index in [0.717, 1.165) is 72.0 Å². The predicted octanol–water partition coefficient (Wildman–Crippen LogP) is 14.0. The highest BCUT2D eigenvalue weighted by Gasteiger charge is 2.21. The molecule has 0 atom stereocenters. The quantitative estimate of drug-likeness (QED) is 0.119. The molecule has 0 unspecified atom stereocenters. The van der Waals surface area contributed by atoms with Gasteiger partial charge in [0.05, 0.1) is 6.54 Å². The van der Waals surface area contributed by atoms with Crippen molar-refractivity contribution in [2.45, 2.75) is 6.54 Å². The van der Waals surface area contributed by atoms with E-state index in [9.17, 15) is 0 Å². The maximum atomic E-state index is 7.14. The number of hydrogen-bond donors (Lipinski definition) is 0. The maximum absolute atomic E-state index is 7.14. The van der Waals surface area contributed by atoms with E-state index in [4.69, 9.17) is 14.4 Å². The second kappa shape index (κ2) is 14.2. The molecule has 10 rings (SSSR count). The maximum Gasteiger partial charge on any atom is 0.154 e. The smallest absolute Gasteiger partial charge is 0.154 e. The summed E-state index contributed by atoms with van der Waals surface area (Å²) in [5, 5.41) is 4.60. The van der Waals surface area contributed by atoms with Gasteiger partial charge < -0.3 is 4.42 Å². The molecule has 4 heteroatoms. The molecule has 0 saturated heterocycles. The first kappa shape index (κ1) is 32.7. The van der Waals surface area contributed by atoms with Crippen LogP contribution in [0.5, 0.6) is 0 Å². The van der Waals surface area contributed by atoms with E-state index in [1.165, 1.54) is 20.2 Å². The Labute approximate surface area is 323 Å². The zero-order valence-corrected chi connectivity index (χ0v) is 30.7. The number of nitrogens with zero attached hydrogens (tertiary/aromatic N) is 2. The third-order valence-electron chi connectivity index (χ3n) is 10.2. The fraction of sp³-hybridized carbons (Fsp3) is 0.0196. The van der Waals surface area contributed by atoms with Crippen LogP contribution >= 0.6 is 11.3 Å². The number of rotatable bonds is 7. The molecule has 0 bridgehead atoms. The number of aliphatic imine (C=N–C) groups is 2. The van der Waals surface area contributed by atoms with Crippen LogP contribution in [-0.2, 0) is 6.54 Å². The minimum Gasteiger partial charge on any atom is -0.455 e. The largest absolute Gasteiger partial charge is 0.455 e. The summed E-state index contributed by atoms with van der Waals surface area (Å²) in [6.07, 6.45) is 1.96. The van der Waals surface area contributed by atoms with E-state index >= 15 is 0 Å². The lowest BCUT2D eigenvalue weighted by Gasteiger charge is -2.08. The summed E-state index contributed by atoms with van der Waals surface area (Å²) < 4.78 is 9.71. The topological polar surface area (TPSA) is 37.9 Å². The van der Waals surface area contributed by atoms with Crippen LogP contribution in [-0.4, -0.2) is 12.1 Å². The molecular weight excluding hydrogens is 689 g/mol. The van der Waals surface area contributed by atoms with Gasteiger partial charge in [0, 0.05) is 59.4 Å². The second-order valence-corrected chi connectivity index (χ2v) is 14.8. The molecule has 0 aliphatic heterocycles. The average molecular weight is 723 g/mol. The summed E-state index contributed by atoms with van der Waals surface area (Å²) in [6.45, 7) is 0.534. The van der Waals surface area contributed by atoms with Crippen molar-refractivity contribution in [3.8, 4) is 33.4 Å². The zero-order chi connectivity index (χ0) is 36.6. The summed E-state index contributed by atoms with van der Waals surface area (Å²) in [4.78, 5) is 10.2. The lowest BCUT2D eigenvalue weighted by molar-refractivity contribution is 0.671. The minimum absolute atomic E-state index is 0.534. The molecular formula is C51H34N2OS. The lowest BCUT2D eigenvalue weighted by atomic mass is 9.93. The average Bonchev–Trinajstić information content (AvgIpc) is 3.83. The first-order valence-corrected chi connectivity index (χ1v) is 19.3. The Morgan fingerprint density at radius 3 is 1.93 bits per heavy atom. The summed E-state index contributed by atoms with van der Waals surface area (Å²) >= 11 is 1.83. The van der Waals surface area contributed by atoms with Crippen LogP contribution in [0.2, 0.25) is 0 Å². The first-order chi connectivity index (χ1) is 27.3. The van der Waals surface area contributed by atoms with Crippen molar-refractivity contribution >= 4 is 65.5 Å². The molecule has 10 aromatic rings. The van der Waals surface area contributed by atoms with Gasteiger partial charge in [0.25, 0.3) is 0 Å². The van der Waals surface area contributed by atoms with Crippen LogP contribution in [0.25, 0.3) is 75.5 Å². The highest BCUT2D eigenvalue weighted by molar-refractivity contribution is 7.25. The van der Waals surface area contributed by atoms with E-state index in [-0.39, 0.29) is 0 Å². The predicted molar refractivity (Wildman–Crippen MR) is 234 cm³/mol. The van der Waals surface area contributed by atoms with Crippen molar-refractivity contribution in [2.75, 3.05) is 0 Å². The molecule has 0 N–H and O–H groups in total. The fourth-order valence-corrected chi connectivity index (χ4v) is 8.63. The Morgan fingerprint density at radius 2 is 1.15 bits per heavy atom. The monoisotopic (exact) mass is 722 g/mol. The van der Waals surface area contributed by atoms with Crippen LogP contribution in [0, 0.1) is 0 Å². The molecule has 0 saturated carbocycles. The van der Waals surface area contributed by atoms with Gasteiger partial charge in [-0.3, -0.25) is 4.99 Å². The highest BCUT2D eigenvalue weighted by Crippen LogP contribution is 2.44. The first-order valence-electron chi connectivity index (χ1n) is 18.5. The summed E-state index contributed by atoms with van der Waals surface area (Å²) in [5.41, 5.74) is 11.3. The van der Waals surface area contributed by atoms with Gasteiger partial charge in [0.15, 0.2) is 5.84 Å². The minimum atomic E-state index is 0.534. The molecule has 3 nitrogen and oxygen atoms in total. The molecule has 0 amide bonds. The number of benzene rings is 8. The van der Waals surface area contributed by atoms with Crippen LogP contribution in [0.15, 0.2) is 202 Å². The van der Waals surface area contributed by atoms with Gasteiger partial charge in [-0.1, -0.05) is 152 Å². The van der Waals surface area contributed by atoms with Crippen molar-refractivity contribution in [1.82, 2.24) is 0 Å². The van der Waals surface area contributed by atoms with Crippen LogP contribution in [0.3, 0.4) is 0 Å². The van der Waals surface area contributed by atoms with Crippen LogP contribution in [0.1, 0.15) is 16.7 Å². The molecule has 55 heavy (non-hydrogen) atoms. The molecule has 2 aromatic heterocycles. The number of furan rings is 1. The summed E-state index contributed by atoms with van der Waals surface area (Å²) in [7, 11) is 0. The fourth-order valence-electron chi connectivity index (χ4n) is 7.54. The Morgan fingerprint density at radius 1 is 0.491 bits per heavy atom. The van der Waals surface area contributed by atoms with E-state index in [2.05, 4.69) is 152 Å². The van der Waals surface area contributed by atoms with Gasteiger partial charge in [0.2, 0.25) is 0 Å². The normalized spacial score (nSPS) is 12.1. The van der Waals surface area contributed by atoms with E-state index in [1.54, 1.807) is 0 Å². The second-order valence-electron chi connectivity index (χ2n) is 13.7.